The van der Waals surface area contributed by atoms with Gasteiger partial charge in [0.25, 0.3) is 11.1 Å². The van der Waals surface area contributed by atoms with E-state index < -0.39 is 5.82 Å². The van der Waals surface area contributed by atoms with E-state index in [1.165, 1.54) is 23.5 Å². The topological polar surface area (TPSA) is 60.9 Å². The minimum absolute atomic E-state index is 0.0718. The van der Waals surface area contributed by atoms with Crippen molar-refractivity contribution in [1.82, 2.24) is 9.88 Å². The minimum atomic E-state index is -0.485. The molecule has 0 aliphatic carbocycles. The van der Waals surface area contributed by atoms with Crippen LogP contribution in [0.1, 0.15) is 0 Å². The van der Waals surface area contributed by atoms with Gasteiger partial charge in [-0.1, -0.05) is 29.5 Å². The van der Waals surface area contributed by atoms with Crippen LogP contribution in [0, 0.1) is 5.82 Å². The van der Waals surface area contributed by atoms with Crippen LogP contribution in [0.2, 0.25) is 0 Å². The molecule has 0 saturated carbocycles. The highest BCUT2D eigenvalue weighted by Crippen LogP contribution is 2.34. The third-order valence-corrected chi connectivity index (χ3v) is 5.15. The predicted molar refractivity (Wildman–Crippen MR) is 99.1 cm³/mol. The van der Waals surface area contributed by atoms with Crippen LogP contribution in [-0.2, 0) is 4.79 Å². The first-order valence-corrected chi connectivity index (χ1v) is 9.21. The van der Waals surface area contributed by atoms with Crippen LogP contribution < -0.4 is 14.2 Å². The number of methoxy groups -OCH3 is 1. The molecule has 27 heavy (non-hydrogen) atoms. The number of nitrogens with zero attached hydrogens (tertiary/aromatic N) is 2. The third-order valence-electron chi connectivity index (χ3n) is 4.24. The highest BCUT2D eigenvalue weighted by atomic mass is 32.1. The van der Waals surface area contributed by atoms with E-state index in [0.717, 1.165) is 10.2 Å². The Labute approximate surface area is 159 Å². The van der Waals surface area contributed by atoms with Crippen molar-refractivity contribution < 1.29 is 23.4 Å². The lowest BCUT2D eigenvalue weighted by molar-refractivity contribution is -0.142. The maximum Gasteiger partial charge on any atom is 0.274 e. The average Bonchev–Trinajstić information content (AvgIpc) is 3.06. The molecule has 2 heterocycles. The summed E-state index contributed by atoms with van der Waals surface area (Å²) in [4.78, 5) is 18.2. The monoisotopic (exact) mass is 388 g/mol. The Morgan fingerprint density at radius 2 is 2.00 bits per heavy atom. The minimum Gasteiger partial charge on any atom is -0.494 e. The van der Waals surface area contributed by atoms with E-state index in [4.69, 9.17) is 14.2 Å². The van der Waals surface area contributed by atoms with E-state index >= 15 is 0 Å². The van der Waals surface area contributed by atoms with Gasteiger partial charge in [-0.25, -0.2) is 4.39 Å². The summed E-state index contributed by atoms with van der Waals surface area (Å²) in [6.07, 6.45) is -0.117. The molecule has 0 N–H and O–H groups in total. The maximum atomic E-state index is 13.5. The van der Waals surface area contributed by atoms with Gasteiger partial charge in [-0.2, -0.15) is 4.98 Å². The molecule has 0 unspecified atom stereocenters. The lowest BCUT2D eigenvalue weighted by Gasteiger charge is -2.38. The van der Waals surface area contributed by atoms with Crippen molar-refractivity contribution in [3.63, 3.8) is 0 Å². The van der Waals surface area contributed by atoms with Gasteiger partial charge in [0.1, 0.15) is 17.4 Å². The van der Waals surface area contributed by atoms with Gasteiger partial charge < -0.3 is 19.1 Å². The molecule has 0 radical (unpaired) electrons. The van der Waals surface area contributed by atoms with E-state index in [1.807, 2.05) is 18.2 Å². The largest absolute Gasteiger partial charge is 0.494 e. The normalized spacial score (nSPS) is 14.1. The molecule has 0 atom stereocenters. The van der Waals surface area contributed by atoms with Crippen molar-refractivity contribution in [2.24, 2.45) is 0 Å². The fraction of sp³-hybridized carbons (Fsp3) is 0.263. The fourth-order valence-electron chi connectivity index (χ4n) is 2.77. The Balaban J connectivity index is 1.29. The molecular weight excluding hydrogens is 371 g/mol. The quantitative estimate of drug-likeness (QED) is 0.649. The molecule has 3 aromatic rings. The number of para-hydroxylation sites is 2. The standard InChI is InChI=1S/C19H17FN2O4S/c1-24-15-7-4-8-16-18(15)21-19(27-16)26-12-9-22(10-12)17(23)11-25-14-6-3-2-5-13(14)20/h2-8,12H,9-11H2,1H3. The number of ether oxygens (including phenoxy) is 3. The first-order chi connectivity index (χ1) is 13.1. The first-order valence-electron chi connectivity index (χ1n) is 8.39. The van der Waals surface area contributed by atoms with Gasteiger partial charge in [0.05, 0.1) is 24.9 Å². The number of carbonyl (C=O) groups is 1. The van der Waals surface area contributed by atoms with Crippen LogP contribution in [0.4, 0.5) is 4.39 Å². The lowest BCUT2D eigenvalue weighted by atomic mass is 10.1. The number of aromatic nitrogens is 1. The number of fused-ring (bicyclic) bond motifs is 1. The summed E-state index contributed by atoms with van der Waals surface area (Å²) in [7, 11) is 1.60. The molecule has 6 nitrogen and oxygen atoms in total. The zero-order valence-corrected chi connectivity index (χ0v) is 15.4. The second kappa shape index (κ2) is 7.40. The molecule has 0 bridgehead atoms. The zero-order chi connectivity index (χ0) is 18.8. The Morgan fingerprint density at radius 3 is 2.78 bits per heavy atom. The van der Waals surface area contributed by atoms with Crippen LogP contribution in [0.3, 0.4) is 0 Å². The van der Waals surface area contributed by atoms with Crippen LogP contribution in [0.5, 0.6) is 16.7 Å². The highest BCUT2D eigenvalue weighted by Gasteiger charge is 2.33. The first kappa shape index (κ1) is 17.5. The van der Waals surface area contributed by atoms with Gasteiger partial charge in [0, 0.05) is 0 Å². The number of hydrogen-bond acceptors (Lipinski definition) is 6. The summed E-state index contributed by atoms with van der Waals surface area (Å²) < 4.78 is 30.9. The number of amides is 1. The molecule has 4 rings (SSSR count). The Bertz CT molecular complexity index is 971. The van der Waals surface area contributed by atoms with Crippen LogP contribution in [0.15, 0.2) is 42.5 Å². The summed E-state index contributed by atoms with van der Waals surface area (Å²) in [6, 6.07) is 11.7. The summed E-state index contributed by atoms with van der Waals surface area (Å²) in [5.74, 6) is 0.0855. The van der Waals surface area contributed by atoms with Gasteiger partial charge >= 0.3 is 0 Å². The number of benzene rings is 2. The van der Waals surface area contributed by atoms with Gasteiger partial charge in [-0.3, -0.25) is 4.79 Å². The molecule has 8 heteroatoms. The summed E-state index contributed by atoms with van der Waals surface area (Å²) >= 11 is 1.44. The van der Waals surface area contributed by atoms with Crippen molar-refractivity contribution >= 4 is 27.5 Å². The number of likely N-dealkylation sites (tertiary alicyclic amines) is 1. The lowest BCUT2D eigenvalue weighted by Crippen LogP contribution is -2.57. The SMILES string of the molecule is COc1cccc2sc(OC3CN(C(=O)COc4ccccc4F)C3)nc12. The fourth-order valence-corrected chi connectivity index (χ4v) is 3.67. The number of rotatable bonds is 6. The van der Waals surface area contributed by atoms with Crippen molar-refractivity contribution in [1.29, 1.82) is 0 Å². The Kier molecular flexibility index (Phi) is 4.81. The Morgan fingerprint density at radius 1 is 1.22 bits per heavy atom. The van der Waals surface area contributed by atoms with Crippen LogP contribution in [-0.4, -0.2) is 48.7 Å². The van der Waals surface area contributed by atoms with Gasteiger partial charge in [-0.15, -0.1) is 0 Å². The van der Waals surface area contributed by atoms with Crippen molar-refractivity contribution in [3.8, 4) is 16.7 Å². The van der Waals surface area contributed by atoms with Crippen molar-refractivity contribution in [3.05, 3.63) is 48.3 Å². The molecule has 1 amide bonds. The van der Waals surface area contributed by atoms with E-state index in [0.29, 0.717) is 24.0 Å². The van der Waals surface area contributed by atoms with Gasteiger partial charge in [-0.05, 0) is 24.3 Å². The smallest absolute Gasteiger partial charge is 0.274 e. The number of carbonyl (C=O) groups excluding carboxylic acids is 1. The number of halogens is 1. The van der Waals surface area contributed by atoms with E-state index in [-0.39, 0.29) is 24.4 Å². The van der Waals surface area contributed by atoms with Crippen LogP contribution in [0.25, 0.3) is 10.2 Å². The molecular formula is C19H17FN2O4S. The molecule has 1 aromatic heterocycles. The van der Waals surface area contributed by atoms with Crippen LogP contribution >= 0.6 is 11.3 Å². The summed E-state index contributed by atoms with van der Waals surface area (Å²) in [5, 5.41) is 0.550. The maximum absolute atomic E-state index is 13.5. The molecule has 1 fully saturated rings. The highest BCUT2D eigenvalue weighted by molar-refractivity contribution is 7.20. The van der Waals surface area contributed by atoms with E-state index in [1.54, 1.807) is 24.1 Å². The number of hydrogen-bond donors (Lipinski definition) is 0. The summed E-state index contributed by atoms with van der Waals surface area (Å²) in [6.45, 7) is 0.699. The molecule has 1 aliphatic heterocycles. The van der Waals surface area contributed by atoms with Crippen molar-refractivity contribution in [2.75, 3.05) is 26.8 Å². The molecule has 1 aliphatic rings. The molecule has 2 aromatic carbocycles. The summed E-state index contributed by atoms with van der Waals surface area (Å²) in [5.41, 5.74) is 0.769. The predicted octanol–water partition coefficient (Wildman–Crippen LogP) is 3.11. The second-order valence-corrected chi connectivity index (χ2v) is 7.04. The van der Waals surface area contributed by atoms with Gasteiger partial charge in [0.15, 0.2) is 18.2 Å². The van der Waals surface area contributed by atoms with Gasteiger partial charge in [0.2, 0.25) is 0 Å². The molecule has 1 saturated heterocycles. The van der Waals surface area contributed by atoms with Crippen molar-refractivity contribution in [2.45, 2.75) is 6.10 Å². The third kappa shape index (κ3) is 3.66. The van der Waals surface area contributed by atoms with E-state index in [2.05, 4.69) is 4.98 Å². The average molecular weight is 388 g/mol. The second-order valence-electron chi connectivity index (χ2n) is 6.04. The molecule has 0 spiro atoms. The Hall–Kier alpha value is -2.87. The number of thiazole rings is 1. The van der Waals surface area contributed by atoms with E-state index in [9.17, 15) is 9.18 Å². The zero-order valence-electron chi connectivity index (χ0n) is 14.6. The molecule has 140 valence electrons.